The van der Waals surface area contributed by atoms with Crippen molar-refractivity contribution in [3.8, 4) is 0 Å². The van der Waals surface area contributed by atoms with Gasteiger partial charge in [-0.05, 0) is 49.2 Å². The highest BCUT2D eigenvalue weighted by molar-refractivity contribution is 5.55. The number of aryl methyl sites for hydroxylation is 2. The predicted molar refractivity (Wildman–Crippen MR) is 88.8 cm³/mol. The molecule has 0 amide bonds. The first-order chi connectivity index (χ1) is 11.1. The fourth-order valence-electron chi connectivity index (χ4n) is 2.70. The van der Waals surface area contributed by atoms with Crippen molar-refractivity contribution in [3.05, 3.63) is 77.1 Å². The first-order valence-corrected chi connectivity index (χ1v) is 7.48. The Kier molecular flexibility index (Phi) is 4.10. The highest BCUT2D eigenvalue weighted by Crippen LogP contribution is 2.29. The SMILES string of the molecule is Cc1nn(C)c(C)c1NC(c1ccncc1)c1ccc(F)cc1. The van der Waals surface area contributed by atoms with Gasteiger partial charge in [-0.15, -0.1) is 0 Å². The van der Waals surface area contributed by atoms with Gasteiger partial charge in [-0.3, -0.25) is 9.67 Å². The first-order valence-electron chi connectivity index (χ1n) is 7.48. The number of nitrogens with zero attached hydrogens (tertiary/aromatic N) is 3. The third-order valence-electron chi connectivity index (χ3n) is 4.04. The van der Waals surface area contributed by atoms with Crippen molar-refractivity contribution in [2.45, 2.75) is 19.9 Å². The minimum absolute atomic E-state index is 0.0970. The van der Waals surface area contributed by atoms with Crippen LogP contribution in [0.5, 0.6) is 0 Å². The summed E-state index contributed by atoms with van der Waals surface area (Å²) in [5.41, 5.74) is 5.04. The first kappa shape index (κ1) is 15.2. The van der Waals surface area contributed by atoms with Crippen LogP contribution >= 0.6 is 0 Å². The summed E-state index contributed by atoms with van der Waals surface area (Å²) in [5.74, 6) is -0.240. The second-order valence-electron chi connectivity index (χ2n) is 5.58. The Morgan fingerprint density at radius 1 is 1.00 bits per heavy atom. The van der Waals surface area contributed by atoms with E-state index in [-0.39, 0.29) is 11.9 Å². The lowest BCUT2D eigenvalue weighted by Crippen LogP contribution is -2.13. The Hall–Kier alpha value is -2.69. The summed E-state index contributed by atoms with van der Waals surface area (Å²) < 4.78 is 15.1. The summed E-state index contributed by atoms with van der Waals surface area (Å²) in [7, 11) is 1.92. The maximum Gasteiger partial charge on any atom is 0.123 e. The largest absolute Gasteiger partial charge is 0.371 e. The van der Waals surface area contributed by atoms with E-state index >= 15 is 0 Å². The van der Waals surface area contributed by atoms with E-state index in [0.717, 1.165) is 28.2 Å². The Morgan fingerprint density at radius 2 is 1.61 bits per heavy atom. The van der Waals surface area contributed by atoms with Gasteiger partial charge < -0.3 is 5.32 Å². The molecule has 0 aliphatic carbocycles. The van der Waals surface area contributed by atoms with Crippen LogP contribution in [0.3, 0.4) is 0 Å². The van der Waals surface area contributed by atoms with Crippen molar-refractivity contribution in [2.24, 2.45) is 7.05 Å². The molecule has 5 heteroatoms. The van der Waals surface area contributed by atoms with E-state index in [1.807, 2.05) is 37.7 Å². The Labute approximate surface area is 135 Å². The van der Waals surface area contributed by atoms with Gasteiger partial charge in [0.15, 0.2) is 0 Å². The van der Waals surface area contributed by atoms with E-state index in [4.69, 9.17) is 0 Å². The Morgan fingerprint density at radius 3 is 2.17 bits per heavy atom. The van der Waals surface area contributed by atoms with Gasteiger partial charge in [0.05, 0.1) is 23.1 Å². The zero-order valence-corrected chi connectivity index (χ0v) is 13.4. The van der Waals surface area contributed by atoms with Gasteiger partial charge in [-0.25, -0.2) is 4.39 Å². The number of nitrogens with one attached hydrogen (secondary N) is 1. The van der Waals surface area contributed by atoms with Crippen LogP contribution in [0.2, 0.25) is 0 Å². The smallest absolute Gasteiger partial charge is 0.123 e. The summed E-state index contributed by atoms with van der Waals surface area (Å²) in [5, 5.41) is 8.00. The van der Waals surface area contributed by atoms with Gasteiger partial charge in [-0.2, -0.15) is 5.10 Å². The van der Waals surface area contributed by atoms with Crippen LogP contribution in [-0.4, -0.2) is 14.8 Å². The molecule has 0 spiro atoms. The zero-order valence-electron chi connectivity index (χ0n) is 13.4. The lowest BCUT2D eigenvalue weighted by atomic mass is 9.99. The zero-order chi connectivity index (χ0) is 16.4. The standard InChI is InChI=1S/C18H19FN4/c1-12-17(13(2)23(3)22-12)21-18(15-8-10-20-11-9-15)14-4-6-16(19)7-5-14/h4-11,18,21H,1-3H3. The summed E-state index contributed by atoms with van der Waals surface area (Å²) in [6.45, 7) is 4.00. The quantitative estimate of drug-likeness (QED) is 0.797. The number of anilines is 1. The molecule has 1 atom stereocenters. The third kappa shape index (κ3) is 3.08. The number of aromatic nitrogens is 3. The number of hydrogen-bond donors (Lipinski definition) is 1. The second kappa shape index (κ2) is 6.20. The van der Waals surface area contributed by atoms with Crippen molar-refractivity contribution >= 4 is 5.69 Å². The summed E-state index contributed by atoms with van der Waals surface area (Å²) in [4.78, 5) is 4.08. The van der Waals surface area contributed by atoms with Crippen LogP contribution in [0.15, 0.2) is 48.8 Å². The summed E-state index contributed by atoms with van der Waals surface area (Å²) in [6, 6.07) is 10.4. The number of rotatable bonds is 4. The van der Waals surface area contributed by atoms with Gasteiger partial charge in [0, 0.05) is 19.4 Å². The topological polar surface area (TPSA) is 42.7 Å². The van der Waals surface area contributed by atoms with E-state index in [2.05, 4.69) is 15.4 Å². The van der Waals surface area contributed by atoms with Crippen LogP contribution in [0, 0.1) is 19.7 Å². The second-order valence-corrected chi connectivity index (χ2v) is 5.58. The highest BCUT2D eigenvalue weighted by atomic mass is 19.1. The minimum Gasteiger partial charge on any atom is -0.371 e. The van der Waals surface area contributed by atoms with Gasteiger partial charge in [0.2, 0.25) is 0 Å². The van der Waals surface area contributed by atoms with E-state index in [9.17, 15) is 4.39 Å². The minimum atomic E-state index is -0.240. The lowest BCUT2D eigenvalue weighted by Gasteiger charge is -2.21. The molecule has 0 radical (unpaired) electrons. The van der Waals surface area contributed by atoms with Crippen molar-refractivity contribution < 1.29 is 4.39 Å². The molecular weight excluding hydrogens is 291 g/mol. The molecule has 118 valence electrons. The summed E-state index contributed by atoms with van der Waals surface area (Å²) >= 11 is 0. The average Bonchev–Trinajstić information content (AvgIpc) is 2.80. The number of halogens is 1. The van der Waals surface area contributed by atoms with Gasteiger partial charge in [0.25, 0.3) is 0 Å². The molecule has 23 heavy (non-hydrogen) atoms. The molecule has 0 fully saturated rings. The molecule has 0 aliphatic rings. The molecule has 0 aliphatic heterocycles. The van der Waals surface area contributed by atoms with Crippen LogP contribution in [-0.2, 0) is 7.05 Å². The van der Waals surface area contributed by atoms with Crippen LogP contribution in [0.4, 0.5) is 10.1 Å². The maximum absolute atomic E-state index is 13.3. The maximum atomic E-state index is 13.3. The van der Waals surface area contributed by atoms with E-state index < -0.39 is 0 Å². The molecule has 4 nitrogen and oxygen atoms in total. The molecule has 2 aromatic heterocycles. The van der Waals surface area contributed by atoms with Crippen molar-refractivity contribution in [1.82, 2.24) is 14.8 Å². The van der Waals surface area contributed by atoms with Gasteiger partial charge in [0.1, 0.15) is 5.82 Å². The highest BCUT2D eigenvalue weighted by Gasteiger charge is 2.18. The van der Waals surface area contributed by atoms with E-state index in [0.29, 0.717) is 0 Å². The summed E-state index contributed by atoms with van der Waals surface area (Å²) in [6.07, 6.45) is 3.52. The molecule has 1 aromatic carbocycles. The molecule has 3 rings (SSSR count). The molecule has 2 heterocycles. The fraction of sp³-hybridized carbons (Fsp3) is 0.222. The van der Waals surface area contributed by atoms with Crippen LogP contribution < -0.4 is 5.32 Å². The molecular formula is C18H19FN4. The van der Waals surface area contributed by atoms with E-state index in [1.165, 1.54) is 12.1 Å². The average molecular weight is 310 g/mol. The van der Waals surface area contributed by atoms with Crippen molar-refractivity contribution in [2.75, 3.05) is 5.32 Å². The fourth-order valence-corrected chi connectivity index (χ4v) is 2.70. The van der Waals surface area contributed by atoms with Crippen LogP contribution in [0.1, 0.15) is 28.6 Å². The normalized spacial score (nSPS) is 12.2. The molecule has 1 N–H and O–H groups in total. The van der Waals surface area contributed by atoms with Crippen molar-refractivity contribution in [1.29, 1.82) is 0 Å². The van der Waals surface area contributed by atoms with Gasteiger partial charge >= 0.3 is 0 Å². The molecule has 0 saturated heterocycles. The lowest BCUT2D eigenvalue weighted by molar-refractivity contribution is 0.626. The van der Waals surface area contributed by atoms with Crippen molar-refractivity contribution in [3.63, 3.8) is 0 Å². The monoisotopic (exact) mass is 310 g/mol. The molecule has 0 saturated carbocycles. The molecule has 3 aromatic rings. The molecule has 1 unspecified atom stereocenters. The molecule has 0 bridgehead atoms. The predicted octanol–water partition coefficient (Wildman–Crippen LogP) is 3.77. The number of benzene rings is 1. The van der Waals surface area contributed by atoms with E-state index in [1.54, 1.807) is 24.5 Å². The Bertz CT molecular complexity index is 794. The Balaban J connectivity index is 2.03. The number of hydrogen-bond acceptors (Lipinski definition) is 3. The van der Waals surface area contributed by atoms with Gasteiger partial charge in [-0.1, -0.05) is 12.1 Å². The van der Waals surface area contributed by atoms with Crippen LogP contribution in [0.25, 0.3) is 0 Å². The third-order valence-corrected chi connectivity index (χ3v) is 4.04. The number of pyridine rings is 1.